The highest BCUT2D eigenvalue weighted by Crippen LogP contribution is 2.27. The van der Waals surface area contributed by atoms with Gasteiger partial charge in [-0.05, 0) is 31.0 Å². The summed E-state index contributed by atoms with van der Waals surface area (Å²) in [6.07, 6.45) is 2.50. The second kappa shape index (κ2) is 7.37. The maximum Gasteiger partial charge on any atom is 0.257 e. The summed E-state index contributed by atoms with van der Waals surface area (Å²) in [6.45, 7) is 6.11. The normalized spacial score (nSPS) is 9.67. The zero-order chi connectivity index (χ0) is 13.4. The largest absolute Gasteiger partial charge is 0.493 e. The minimum absolute atomic E-state index is 0.0173. The average Bonchev–Trinajstić information content (AvgIpc) is 2.37. The number of amides is 1. The van der Waals surface area contributed by atoms with Gasteiger partial charge < -0.3 is 14.8 Å². The van der Waals surface area contributed by atoms with Crippen molar-refractivity contribution in [3.8, 4) is 11.5 Å². The van der Waals surface area contributed by atoms with Crippen LogP contribution in [-0.2, 0) is 4.79 Å². The molecular weight excluding hydrogens is 230 g/mol. The Morgan fingerprint density at radius 3 is 2.89 bits per heavy atom. The van der Waals surface area contributed by atoms with Crippen molar-refractivity contribution < 1.29 is 14.3 Å². The minimum atomic E-state index is -0.153. The van der Waals surface area contributed by atoms with Gasteiger partial charge >= 0.3 is 0 Å². The van der Waals surface area contributed by atoms with Gasteiger partial charge in [0.05, 0.1) is 7.11 Å². The van der Waals surface area contributed by atoms with Gasteiger partial charge in [-0.25, -0.2) is 0 Å². The highest BCUT2D eigenvalue weighted by Gasteiger charge is 2.07. The first-order valence-corrected chi connectivity index (χ1v) is 5.82. The van der Waals surface area contributed by atoms with Gasteiger partial charge in [0, 0.05) is 6.54 Å². The Balaban J connectivity index is 2.47. The molecule has 0 aliphatic heterocycles. The molecule has 0 spiro atoms. The van der Waals surface area contributed by atoms with Crippen LogP contribution in [0.2, 0.25) is 0 Å². The van der Waals surface area contributed by atoms with Crippen LogP contribution in [0.5, 0.6) is 11.5 Å². The van der Waals surface area contributed by atoms with Crippen molar-refractivity contribution >= 4 is 5.91 Å². The van der Waals surface area contributed by atoms with E-state index in [9.17, 15) is 4.79 Å². The lowest BCUT2D eigenvalue weighted by atomic mass is 10.2. The monoisotopic (exact) mass is 249 g/mol. The van der Waals surface area contributed by atoms with Crippen LogP contribution in [0.3, 0.4) is 0 Å². The molecular formula is C14H19NO3. The standard InChI is InChI=1S/C14H19NO3/c1-4-5-8-15-14(16)10-18-12-7-6-11(2)9-13(12)17-3/h4,6-7,9H,1,5,8,10H2,2-3H3,(H,15,16). The van der Waals surface area contributed by atoms with E-state index in [1.165, 1.54) is 0 Å². The van der Waals surface area contributed by atoms with Gasteiger partial charge in [0.1, 0.15) is 0 Å². The van der Waals surface area contributed by atoms with Crippen molar-refractivity contribution in [3.05, 3.63) is 36.4 Å². The topological polar surface area (TPSA) is 47.6 Å². The molecule has 4 heteroatoms. The molecule has 0 atom stereocenters. The van der Waals surface area contributed by atoms with E-state index in [1.54, 1.807) is 19.3 Å². The first kappa shape index (κ1) is 14.1. The number of hydrogen-bond donors (Lipinski definition) is 1. The summed E-state index contributed by atoms with van der Waals surface area (Å²) in [6, 6.07) is 5.57. The fourth-order valence-electron chi connectivity index (χ4n) is 1.40. The van der Waals surface area contributed by atoms with Crippen molar-refractivity contribution in [2.75, 3.05) is 20.3 Å². The summed E-state index contributed by atoms with van der Waals surface area (Å²) in [7, 11) is 1.58. The van der Waals surface area contributed by atoms with Gasteiger partial charge in [-0.1, -0.05) is 12.1 Å². The third-order valence-electron chi connectivity index (χ3n) is 2.35. The first-order chi connectivity index (χ1) is 8.67. The quantitative estimate of drug-likeness (QED) is 0.594. The fourth-order valence-corrected chi connectivity index (χ4v) is 1.40. The maximum absolute atomic E-state index is 11.4. The van der Waals surface area contributed by atoms with Gasteiger partial charge in [-0.3, -0.25) is 4.79 Å². The molecule has 0 aliphatic carbocycles. The van der Waals surface area contributed by atoms with Crippen molar-refractivity contribution in [1.82, 2.24) is 5.32 Å². The Morgan fingerprint density at radius 1 is 1.44 bits per heavy atom. The Labute approximate surface area is 108 Å². The molecule has 4 nitrogen and oxygen atoms in total. The lowest BCUT2D eigenvalue weighted by Crippen LogP contribution is -2.29. The number of carbonyl (C=O) groups is 1. The molecule has 0 fully saturated rings. The van der Waals surface area contributed by atoms with Gasteiger partial charge in [0.2, 0.25) is 0 Å². The number of aryl methyl sites for hydroxylation is 1. The smallest absolute Gasteiger partial charge is 0.257 e. The molecule has 1 N–H and O–H groups in total. The molecule has 0 saturated carbocycles. The first-order valence-electron chi connectivity index (χ1n) is 5.82. The summed E-state index contributed by atoms with van der Waals surface area (Å²) < 4.78 is 10.6. The molecule has 1 aromatic rings. The Bertz CT molecular complexity index is 416. The molecule has 1 aromatic carbocycles. The van der Waals surface area contributed by atoms with Crippen LogP contribution < -0.4 is 14.8 Å². The summed E-state index contributed by atoms with van der Waals surface area (Å²) >= 11 is 0. The maximum atomic E-state index is 11.4. The van der Waals surface area contributed by atoms with Crippen LogP contribution in [-0.4, -0.2) is 26.2 Å². The van der Waals surface area contributed by atoms with E-state index in [4.69, 9.17) is 9.47 Å². The second-order valence-electron chi connectivity index (χ2n) is 3.87. The van der Waals surface area contributed by atoms with Crippen LogP contribution in [0.25, 0.3) is 0 Å². The molecule has 0 heterocycles. The van der Waals surface area contributed by atoms with Gasteiger partial charge in [0.25, 0.3) is 5.91 Å². The Morgan fingerprint density at radius 2 is 2.22 bits per heavy atom. The van der Waals surface area contributed by atoms with Crippen LogP contribution in [0, 0.1) is 6.92 Å². The van der Waals surface area contributed by atoms with E-state index >= 15 is 0 Å². The minimum Gasteiger partial charge on any atom is -0.493 e. The third kappa shape index (κ3) is 4.49. The van der Waals surface area contributed by atoms with Crippen LogP contribution in [0.1, 0.15) is 12.0 Å². The van der Waals surface area contributed by atoms with Crippen LogP contribution >= 0.6 is 0 Å². The summed E-state index contributed by atoms with van der Waals surface area (Å²) in [5, 5.41) is 2.73. The van der Waals surface area contributed by atoms with E-state index in [-0.39, 0.29) is 12.5 Å². The van der Waals surface area contributed by atoms with Crippen LogP contribution in [0.4, 0.5) is 0 Å². The van der Waals surface area contributed by atoms with E-state index < -0.39 is 0 Å². The number of benzene rings is 1. The molecule has 1 amide bonds. The average molecular weight is 249 g/mol. The van der Waals surface area contributed by atoms with Crippen molar-refractivity contribution in [2.45, 2.75) is 13.3 Å². The lowest BCUT2D eigenvalue weighted by molar-refractivity contribution is -0.123. The zero-order valence-corrected chi connectivity index (χ0v) is 10.9. The fraction of sp³-hybridized carbons (Fsp3) is 0.357. The summed E-state index contributed by atoms with van der Waals surface area (Å²) in [4.78, 5) is 11.4. The van der Waals surface area contributed by atoms with Crippen molar-refractivity contribution in [2.24, 2.45) is 0 Å². The molecule has 1 rings (SSSR count). The highest BCUT2D eigenvalue weighted by molar-refractivity contribution is 5.77. The van der Waals surface area contributed by atoms with Gasteiger partial charge in [0.15, 0.2) is 18.1 Å². The molecule has 18 heavy (non-hydrogen) atoms. The molecule has 0 bridgehead atoms. The van der Waals surface area contributed by atoms with Gasteiger partial charge in [-0.15, -0.1) is 6.58 Å². The summed E-state index contributed by atoms with van der Waals surface area (Å²) in [5.41, 5.74) is 1.08. The van der Waals surface area contributed by atoms with Crippen LogP contribution in [0.15, 0.2) is 30.9 Å². The predicted molar refractivity (Wildman–Crippen MR) is 71.0 cm³/mol. The number of rotatable bonds is 7. The molecule has 0 radical (unpaired) electrons. The Kier molecular flexibility index (Phi) is 5.77. The SMILES string of the molecule is C=CCCNC(=O)COc1ccc(C)cc1OC. The van der Waals surface area contributed by atoms with E-state index in [1.807, 2.05) is 19.1 Å². The molecule has 0 saturated heterocycles. The van der Waals surface area contributed by atoms with Gasteiger partial charge in [-0.2, -0.15) is 0 Å². The molecule has 0 unspecified atom stereocenters. The zero-order valence-electron chi connectivity index (χ0n) is 10.9. The summed E-state index contributed by atoms with van der Waals surface area (Å²) in [5.74, 6) is 1.05. The number of methoxy groups -OCH3 is 1. The Hall–Kier alpha value is -1.97. The highest BCUT2D eigenvalue weighted by atomic mass is 16.5. The number of carbonyl (C=O) groups excluding carboxylic acids is 1. The third-order valence-corrected chi connectivity index (χ3v) is 2.35. The number of hydrogen-bond acceptors (Lipinski definition) is 3. The predicted octanol–water partition coefficient (Wildman–Crippen LogP) is 2.07. The van der Waals surface area contributed by atoms with Crippen molar-refractivity contribution in [1.29, 1.82) is 0 Å². The lowest BCUT2D eigenvalue weighted by Gasteiger charge is -2.11. The van der Waals surface area contributed by atoms with E-state index in [2.05, 4.69) is 11.9 Å². The van der Waals surface area contributed by atoms with Crippen molar-refractivity contribution in [3.63, 3.8) is 0 Å². The second-order valence-corrected chi connectivity index (χ2v) is 3.87. The van der Waals surface area contributed by atoms with E-state index in [0.29, 0.717) is 18.0 Å². The molecule has 0 aliphatic rings. The number of nitrogens with one attached hydrogen (secondary N) is 1. The number of ether oxygens (including phenoxy) is 2. The molecule has 98 valence electrons. The van der Waals surface area contributed by atoms with E-state index in [0.717, 1.165) is 12.0 Å². The molecule has 0 aromatic heterocycles.